The monoisotopic (exact) mass is 310 g/mol. The number of aryl methyl sites for hydroxylation is 2. The second kappa shape index (κ2) is 6.84. The number of rotatable bonds is 4. The van der Waals surface area contributed by atoms with E-state index in [4.69, 9.17) is 0 Å². The summed E-state index contributed by atoms with van der Waals surface area (Å²) in [7, 11) is 0. The van der Waals surface area contributed by atoms with Crippen LogP contribution >= 0.6 is 0 Å². The Bertz CT molecular complexity index is 699. The van der Waals surface area contributed by atoms with Crippen LogP contribution in [-0.4, -0.2) is 29.2 Å². The first-order chi connectivity index (χ1) is 11.2. The minimum Gasteiger partial charge on any atom is -0.395 e. The summed E-state index contributed by atoms with van der Waals surface area (Å²) in [6, 6.07) is 15.8. The number of aliphatic hydroxyl groups is 1. The lowest BCUT2D eigenvalue weighted by Crippen LogP contribution is -2.39. The molecule has 2 N–H and O–H groups in total. The third kappa shape index (κ3) is 3.22. The van der Waals surface area contributed by atoms with Gasteiger partial charge in [0.2, 0.25) is 0 Å². The van der Waals surface area contributed by atoms with E-state index in [1.165, 1.54) is 11.1 Å². The summed E-state index contributed by atoms with van der Waals surface area (Å²) in [5, 5.41) is 12.4. The van der Waals surface area contributed by atoms with Crippen molar-refractivity contribution < 1.29 is 9.90 Å². The molecule has 1 aliphatic carbocycles. The topological polar surface area (TPSA) is 52.6 Å². The number of carbonyl (C=O) groups is 1. The predicted octanol–water partition coefficient (Wildman–Crippen LogP) is 3.51. The minimum absolute atomic E-state index is 0.0300. The van der Waals surface area contributed by atoms with E-state index in [1.807, 2.05) is 43.3 Å². The van der Waals surface area contributed by atoms with E-state index >= 15 is 0 Å². The van der Waals surface area contributed by atoms with E-state index in [1.54, 1.807) is 4.90 Å². The minimum atomic E-state index is -0.157. The highest BCUT2D eigenvalue weighted by Gasteiger charge is 2.30. The van der Waals surface area contributed by atoms with Crippen LogP contribution in [0.5, 0.6) is 0 Å². The lowest BCUT2D eigenvalue weighted by Gasteiger charge is -2.29. The molecule has 4 nitrogen and oxygen atoms in total. The van der Waals surface area contributed by atoms with Crippen molar-refractivity contribution in [2.24, 2.45) is 0 Å². The molecular formula is C19H22N2O2. The lowest BCUT2D eigenvalue weighted by molar-refractivity contribution is 0.162. The molecule has 2 aromatic rings. The van der Waals surface area contributed by atoms with Crippen LogP contribution in [-0.2, 0) is 6.42 Å². The van der Waals surface area contributed by atoms with Gasteiger partial charge in [-0.15, -0.1) is 0 Å². The van der Waals surface area contributed by atoms with Crippen molar-refractivity contribution >= 4 is 11.7 Å². The standard InChI is InChI=1S/C19H22N2O2/c1-14-6-2-5-9-17(14)20-19(23)21(12-13-22)18-11-10-15-7-3-4-8-16(15)18/h2-9,18,22H,10-13H2,1H3,(H,20,23). The highest BCUT2D eigenvalue weighted by Crippen LogP contribution is 2.35. The molecule has 0 saturated carbocycles. The summed E-state index contributed by atoms with van der Waals surface area (Å²) < 4.78 is 0. The molecular weight excluding hydrogens is 288 g/mol. The average molecular weight is 310 g/mol. The Labute approximate surface area is 136 Å². The van der Waals surface area contributed by atoms with Gasteiger partial charge in [-0.05, 0) is 42.5 Å². The fourth-order valence-corrected chi connectivity index (χ4v) is 3.27. The normalized spacial score (nSPS) is 16.0. The van der Waals surface area contributed by atoms with Gasteiger partial charge in [-0.25, -0.2) is 4.79 Å². The number of anilines is 1. The third-order valence-electron chi connectivity index (χ3n) is 4.47. The van der Waals surface area contributed by atoms with Crippen LogP contribution in [0.4, 0.5) is 10.5 Å². The molecule has 0 bridgehead atoms. The SMILES string of the molecule is Cc1ccccc1NC(=O)N(CCO)C1CCc2ccccc21. The number of para-hydroxylation sites is 1. The number of benzene rings is 2. The van der Waals surface area contributed by atoms with Gasteiger partial charge in [-0.3, -0.25) is 0 Å². The smallest absolute Gasteiger partial charge is 0.322 e. The molecule has 0 aliphatic heterocycles. The second-order valence-corrected chi connectivity index (χ2v) is 5.92. The Morgan fingerprint density at radius 2 is 1.96 bits per heavy atom. The largest absolute Gasteiger partial charge is 0.395 e. The number of amides is 2. The van der Waals surface area contributed by atoms with E-state index in [9.17, 15) is 9.90 Å². The number of nitrogens with one attached hydrogen (secondary N) is 1. The van der Waals surface area contributed by atoms with Gasteiger partial charge >= 0.3 is 6.03 Å². The van der Waals surface area contributed by atoms with Crippen molar-refractivity contribution in [1.82, 2.24) is 4.90 Å². The van der Waals surface area contributed by atoms with Gasteiger partial charge in [-0.2, -0.15) is 0 Å². The summed E-state index contributed by atoms with van der Waals surface area (Å²) >= 11 is 0. The highest BCUT2D eigenvalue weighted by atomic mass is 16.3. The lowest BCUT2D eigenvalue weighted by atomic mass is 10.1. The molecule has 2 aromatic carbocycles. The van der Waals surface area contributed by atoms with Crippen molar-refractivity contribution in [3.05, 3.63) is 65.2 Å². The average Bonchev–Trinajstić information content (AvgIpc) is 2.98. The molecule has 4 heteroatoms. The van der Waals surface area contributed by atoms with Gasteiger partial charge < -0.3 is 15.3 Å². The summed E-state index contributed by atoms with van der Waals surface area (Å²) in [5.41, 5.74) is 4.33. The first kappa shape index (κ1) is 15.6. The molecule has 3 rings (SSSR count). The third-order valence-corrected chi connectivity index (χ3v) is 4.47. The van der Waals surface area contributed by atoms with Crippen molar-refractivity contribution in [2.75, 3.05) is 18.5 Å². The Hall–Kier alpha value is -2.33. The van der Waals surface area contributed by atoms with Crippen LogP contribution in [0.15, 0.2) is 48.5 Å². The fourth-order valence-electron chi connectivity index (χ4n) is 3.27. The number of aliphatic hydroxyl groups excluding tert-OH is 1. The van der Waals surface area contributed by atoms with Crippen LogP contribution in [0.2, 0.25) is 0 Å². The molecule has 1 aliphatic rings. The molecule has 0 aromatic heterocycles. The van der Waals surface area contributed by atoms with E-state index in [0.717, 1.165) is 24.1 Å². The van der Waals surface area contributed by atoms with Crippen LogP contribution in [0, 0.1) is 6.92 Å². The summed E-state index contributed by atoms with van der Waals surface area (Å²) in [5.74, 6) is 0. The zero-order chi connectivity index (χ0) is 16.2. The second-order valence-electron chi connectivity index (χ2n) is 5.92. The van der Waals surface area contributed by atoms with Gasteiger partial charge in [0, 0.05) is 12.2 Å². The number of carbonyl (C=O) groups excluding carboxylic acids is 1. The van der Waals surface area contributed by atoms with Crippen molar-refractivity contribution in [1.29, 1.82) is 0 Å². The molecule has 0 saturated heterocycles. The molecule has 0 spiro atoms. The number of hydrogen-bond donors (Lipinski definition) is 2. The van der Waals surface area contributed by atoms with E-state index < -0.39 is 0 Å². The Kier molecular flexibility index (Phi) is 4.63. The quantitative estimate of drug-likeness (QED) is 0.908. The summed E-state index contributed by atoms with van der Waals surface area (Å²) in [6.07, 6.45) is 1.88. The van der Waals surface area contributed by atoms with Crippen LogP contribution < -0.4 is 5.32 Å². The number of fused-ring (bicyclic) bond motifs is 1. The summed E-state index contributed by atoms with van der Waals surface area (Å²) in [4.78, 5) is 14.5. The Morgan fingerprint density at radius 3 is 2.74 bits per heavy atom. The van der Waals surface area contributed by atoms with Gasteiger partial charge in [0.05, 0.1) is 12.6 Å². The van der Waals surface area contributed by atoms with Gasteiger partial charge in [0.1, 0.15) is 0 Å². The van der Waals surface area contributed by atoms with Crippen molar-refractivity contribution in [3.63, 3.8) is 0 Å². The molecule has 0 fully saturated rings. The Balaban J connectivity index is 1.82. The van der Waals surface area contributed by atoms with Crippen LogP contribution in [0.1, 0.15) is 29.2 Å². The molecule has 0 radical (unpaired) electrons. The van der Waals surface area contributed by atoms with Crippen LogP contribution in [0.25, 0.3) is 0 Å². The van der Waals surface area contributed by atoms with E-state index in [-0.39, 0.29) is 18.7 Å². The maximum absolute atomic E-state index is 12.8. The zero-order valence-electron chi connectivity index (χ0n) is 13.3. The first-order valence-corrected chi connectivity index (χ1v) is 8.02. The molecule has 120 valence electrons. The fraction of sp³-hybridized carbons (Fsp3) is 0.316. The van der Waals surface area contributed by atoms with Crippen molar-refractivity contribution in [3.8, 4) is 0 Å². The molecule has 0 heterocycles. The van der Waals surface area contributed by atoms with E-state index in [2.05, 4.69) is 17.4 Å². The van der Waals surface area contributed by atoms with Gasteiger partial charge in [0.15, 0.2) is 0 Å². The summed E-state index contributed by atoms with van der Waals surface area (Å²) in [6.45, 7) is 2.26. The number of urea groups is 1. The van der Waals surface area contributed by atoms with Crippen molar-refractivity contribution in [2.45, 2.75) is 25.8 Å². The molecule has 2 amide bonds. The Morgan fingerprint density at radius 1 is 1.22 bits per heavy atom. The first-order valence-electron chi connectivity index (χ1n) is 8.02. The van der Waals surface area contributed by atoms with Crippen LogP contribution in [0.3, 0.4) is 0 Å². The number of hydrogen-bond acceptors (Lipinski definition) is 2. The van der Waals surface area contributed by atoms with E-state index in [0.29, 0.717) is 6.54 Å². The number of nitrogens with zero attached hydrogens (tertiary/aromatic N) is 1. The molecule has 1 unspecified atom stereocenters. The highest BCUT2D eigenvalue weighted by molar-refractivity contribution is 5.90. The van der Waals surface area contributed by atoms with Gasteiger partial charge in [0.25, 0.3) is 0 Å². The predicted molar refractivity (Wildman–Crippen MR) is 91.5 cm³/mol. The maximum Gasteiger partial charge on any atom is 0.322 e. The maximum atomic E-state index is 12.8. The molecule has 1 atom stereocenters. The van der Waals surface area contributed by atoms with Gasteiger partial charge in [-0.1, -0.05) is 42.5 Å². The zero-order valence-corrected chi connectivity index (χ0v) is 13.3. The molecule has 23 heavy (non-hydrogen) atoms.